The smallest absolute Gasteiger partial charge is 0.339 e. The molecule has 4 aromatic rings. The van der Waals surface area contributed by atoms with Crippen molar-refractivity contribution >= 4 is 21.9 Å². The van der Waals surface area contributed by atoms with Crippen LogP contribution in [0.3, 0.4) is 0 Å². The van der Waals surface area contributed by atoms with Crippen molar-refractivity contribution < 1.29 is 8.83 Å². The van der Waals surface area contributed by atoms with E-state index in [-0.39, 0.29) is 5.63 Å². The maximum Gasteiger partial charge on any atom is 0.339 e. The highest BCUT2D eigenvalue weighted by molar-refractivity contribution is 6.11. The van der Waals surface area contributed by atoms with Gasteiger partial charge in [-0.1, -0.05) is 30.3 Å². The molecule has 24 heavy (non-hydrogen) atoms. The molecular formula is C21H16O3. The summed E-state index contributed by atoms with van der Waals surface area (Å²) >= 11 is 0. The van der Waals surface area contributed by atoms with Gasteiger partial charge in [0.15, 0.2) is 0 Å². The molecule has 0 fully saturated rings. The fraction of sp³-hybridized carbons (Fsp3) is 0.190. The number of hydrogen-bond donors (Lipinski definition) is 0. The van der Waals surface area contributed by atoms with Gasteiger partial charge in [0.1, 0.15) is 11.2 Å². The molecule has 0 atom stereocenters. The van der Waals surface area contributed by atoms with Crippen LogP contribution in [0.25, 0.3) is 33.1 Å². The van der Waals surface area contributed by atoms with Crippen molar-refractivity contribution in [3.8, 4) is 11.1 Å². The maximum absolute atomic E-state index is 12.2. The molecule has 1 aliphatic rings. The van der Waals surface area contributed by atoms with Crippen LogP contribution < -0.4 is 5.63 Å². The zero-order chi connectivity index (χ0) is 16.3. The molecule has 0 amide bonds. The molecule has 118 valence electrons. The molecule has 0 unspecified atom stereocenters. The van der Waals surface area contributed by atoms with Gasteiger partial charge in [-0.25, -0.2) is 4.79 Å². The van der Waals surface area contributed by atoms with Gasteiger partial charge >= 0.3 is 5.63 Å². The van der Waals surface area contributed by atoms with Crippen molar-refractivity contribution in [2.45, 2.75) is 26.2 Å². The van der Waals surface area contributed by atoms with Crippen LogP contribution in [0.5, 0.6) is 0 Å². The highest BCUT2D eigenvalue weighted by Gasteiger charge is 2.24. The average molecular weight is 316 g/mol. The van der Waals surface area contributed by atoms with Crippen LogP contribution in [0.4, 0.5) is 0 Å². The van der Waals surface area contributed by atoms with Crippen LogP contribution in [0, 0.1) is 6.92 Å². The van der Waals surface area contributed by atoms with Crippen LogP contribution in [-0.4, -0.2) is 0 Å². The summed E-state index contributed by atoms with van der Waals surface area (Å²) in [6.45, 7) is 2.04. The van der Waals surface area contributed by atoms with Crippen molar-refractivity contribution in [2.24, 2.45) is 0 Å². The fourth-order valence-corrected chi connectivity index (χ4v) is 3.99. The Morgan fingerprint density at radius 1 is 1.00 bits per heavy atom. The van der Waals surface area contributed by atoms with E-state index in [1.54, 1.807) is 0 Å². The third-order valence-electron chi connectivity index (χ3n) is 5.06. The quantitative estimate of drug-likeness (QED) is 0.464. The van der Waals surface area contributed by atoms with Crippen molar-refractivity contribution in [2.75, 3.05) is 0 Å². The molecule has 2 aromatic carbocycles. The van der Waals surface area contributed by atoms with E-state index in [0.29, 0.717) is 5.58 Å². The Morgan fingerprint density at radius 2 is 1.79 bits per heavy atom. The lowest BCUT2D eigenvalue weighted by Crippen LogP contribution is -2.07. The molecule has 0 bridgehead atoms. The third kappa shape index (κ3) is 1.75. The standard InChI is InChI=1S/C21H16O3/c1-12-10-17-19(14-8-5-9-15(14)21(22)24-17)20-18(12)16(11-23-20)13-6-3-2-4-7-13/h2-4,6-7,10-11H,5,8-9H2,1H3. The summed E-state index contributed by atoms with van der Waals surface area (Å²) in [5, 5.41) is 2.08. The van der Waals surface area contributed by atoms with Gasteiger partial charge < -0.3 is 8.83 Å². The zero-order valence-electron chi connectivity index (χ0n) is 13.4. The largest absolute Gasteiger partial charge is 0.463 e. The van der Waals surface area contributed by atoms with Crippen molar-refractivity contribution in [3.63, 3.8) is 0 Å². The van der Waals surface area contributed by atoms with E-state index in [1.807, 2.05) is 37.5 Å². The molecule has 3 heteroatoms. The van der Waals surface area contributed by atoms with E-state index in [2.05, 4.69) is 12.1 Å². The lowest BCUT2D eigenvalue weighted by Gasteiger charge is -2.07. The topological polar surface area (TPSA) is 43.4 Å². The van der Waals surface area contributed by atoms with Crippen molar-refractivity contribution in [3.05, 3.63) is 69.8 Å². The van der Waals surface area contributed by atoms with Gasteiger partial charge in [-0.3, -0.25) is 0 Å². The Morgan fingerprint density at radius 3 is 2.62 bits per heavy atom. The number of furan rings is 1. The molecule has 5 rings (SSSR count). The first-order chi connectivity index (χ1) is 11.7. The summed E-state index contributed by atoms with van der Waals surface area (Å²) in [4.78, 5) is 12.2. The molecule has 3 nitrogen and oxygen atoms in total. The molecular weight excluding hydrogens is 300 g/mol. The first-order valence-electron chi connectivity index (χ1n) is 8.29. The second kappa shape index (κ2) is 4.84. The van der Waals surface area contributed by atoms with Crippen LogP contribution in [0.1, 0.15) is 23.1 Å². The van der Waals surface area contributed by atoms with Gasteiger partial charge in [-0.2, -0.15) is 0 Å². The normalized spacial score (nSPS) is 13.7. The molecule has 0 radical (unpaired) electrons. The molecule has 2 aromatic heterocycles. The highest BCUT2D eigenvalue weighted by Crippen LogP contribution is 2.40. The van der Waals surface area contributed by atoms with Crippen LogP contribution in [0.2, 0.25) is 0 Å². The number of hydrogen-bond acceptors (Lipinski definition) is 3. The van der Waals surface area contributed by atoms with Gasteiger partial charge in [0.05, 0.1) is 11.6 Å². The SMILES string of the molecule is Cc1cc2oc(=O)c3c(c2c2occ(-c4ccccc4)c12)CCC3. The van der Waals surface area contributed by atoms with Gasteiger partial charge in [0.2, 0.25) is 0 Å². The van der Waals surface area contributed by atoms with E-state index in [9.17, 15) is 4.79 Å². The van der Waals surface area contributed by atoms with Gasteiger partial charge in [0, 0.05) is 16.5 Å². The maximum atomic E-state index is 12.2. The minimum Gasteiger partial charge on any atom is -0.463 e. The molecule has 0 spiro atoms. The monoisotopic (exact) mass is 316 g/mol. The van der Waals surface area contributed by atoms with E-state index >= 15 is 0 Å². The Labute approximate surface area is 138 Å². The zero-order valence-corrected chi connectivity index (χ0v) is 13.4. The second-order valence-electron chi connectivity index (χ2n) is 6.49. The van der Waals surface area contributed by atoms with E-state index in [4.69, 9.17) is 8.83 Å². The van der Waals surface area contributed by atoms with Crippen molar-refractivity contribution in [1.82, 2.24) is 0 Å². The van der Waals surface area contributed by atoms with E-state index < -0.39 is 0 Å². The Hall–Kier alpha value is -2.81. The van der Waals surface area contributed by atoms with Gasteiger partial charge in [-0.05, 0) is 48.9 Å². The summed E-state index contributed by atoms with van der Waals surface area (Å²) in [6.07, 6.45) is 4.53. The summed E-state index contributed by atoms with van der Waals surface area (Å²) in [7, 11) is 0. The number of aryl methyl sites for hydroxylation is 2. The predicted octanol–water partition coefficient (Wildman–Crippen LogP) is 5.00. The van der Waals surface area contributed by atoms with Crippen LogP contribution in [-0.2, 0) is 12.8 Å². The minimum atomic E-state index is -0.191. The molecule has 0 N–H and O–H groups in total. The number of fused-ring (bicyclic) bond motifs is 5. The fourth-order valence-electron chi connectivity index (χ4n) is 3.99. The van der Waals surface area contributed by atoms with Crippen molar-refractivity contribution in [1.29, 1.82) is 0 Å². The molecule has 0 aliphatic heterocycles. The first-order valence-corrected chi connectivity index (χ1v) is 8.29. The lowest BCUT2D eigenvalue weighted by atomic mass is 9.97. The molecule has 0 saturated carbocycles. The third-order valence-corrected chi connectivity index (χ3v) is 5.06. The van der Waals surface area contributed by atoms with E-state index in [0.717, 1.165) is 63.4 Å². The summed E-state index contributed by atoms with van der Waals surface area (Å²) < 4.78 is 11.6. The minimum absolute atomic E-state index is 0.191. The molecule has 2 heterocycles. The summed E-state index contributed by atoms with van der Waals surface area (Å²) in [5.41, 5.74) is 6.50. The highest BCUT2D eigenvalue weighted by atomic mass is 16.4. The molecule has 1 aliphatic carbocycles. The lowest BCUT2D eigenvalue weighted by molar-refractivity contribution is 0.550. The second-order valence-corrected chi connectivity index (χ2v) is 6.49. The Balaban J connectivity index is 1.95. The van der Waals surface area contributed by atoms with Gasteiger partial charge in [0.25, 0.3) is 0 Å². The average Bonchev–Trinajstić information content (AvgIpc) is 3.23. The molecule has 0 saturated heterocycles. The number of benzene rings is 2. The number of rotatable bonds is 1. The van der Waals surface area contributed by atoms with Crippen LogP contribution >= 0.6 is 0 Å². The predicted molar refractivity (Wildman–Crippen MR) is 94.5 cm³/mol. The Kier molecular flexibility index (Phi) is 2.75. The van der Waals surface area contributed by atoms with Crippen LogP contribution in [0.15, 0.2) is 56.3 Å². The summed E-state index contributed by atoms with van der Waals surface area (Å²) in [6, 6.07) is 12.2. The van der Waals surface area contributed by atoms with Gasteiger partial charge in [-0.15, -0.1) is 0 Å². The van der Waals surface area contributed by atoms with E-state index in [1.165, 1.54) is 0 Å². The summed E-state index contributed by atoms with van der Waals surface area (Å²) in [5.74, 6) is 0. The Bertz CT molecular complexity index is 1150. The first kappa shape index (κ1) is 13.6.